The van der Waals surface area contributed by atoms with Crippen LogP contribution in [-0.2, 0) is 10.5 Å². The van der Waals surface area contributed by atoms with Crippen molar-refractivity contribution in [3.63, 3.8) is 0 Å². The molecule has 6 heteroatoms. The molecule has 1 fully saturated rings. The van der Waals surface area contributed by atoms with Gasteiger partial charge in [-0.25, -0.2) is 5.43 Å². The van der Waals surface area contributed by atoms with Crippen LogP contribution < -0.4 is 5.43 Å². The van der Waals surface area contributed by atoms with Crippen molar-refractivity contribution in [1.29, 1.82) is 0 Å². The molecule has 1 amide bonds. The molecule has 0 bridgehead atoms. The van der Waals surface area contributed by atoms with Gasteiger partial charge in [-0.15, -0.1) is 11.8 Å². The number of benzene rings is 1. The molecule has 0 aromatic heterocycles. The Morgan fingerprint density at radius 2 is 1.86 bits per heavy atom. The fourth-order valence-corrected chi connectivity index (χ4v) is 3.72. The van der Waals surface area contributed by atoms with Gasteiger partial charge in [-0.2, -0.15) is 5.10 Å². The molecule has 0 spiro atoms. The number of rotatable bonds is 5. The highest BCUT2D eigenvalue weighted by Gasteiger charge is 2.09. The summed E-state index contributed by atoms with van der Waals surface area (Å²) < 4.78 is 0. The number of halogens is 2. The van der Waals surface area contributed by atoms with Gasteiger partial charge in [0.05, 0.1) is 5.75 Å². The second-order valence-electron chi connectivity index (χ2n) is 4.97. The summed E-state index contributed by atoms with van der Waals surface area (Å²) in [5.41, 5.74) is 4.61. The van der Waals surface area contributed by atoms with E-state index in [1.54, 1.807) is 12.1 Å². The van der Waals surface area contributed by atoms with Crippen molar-refractivity contribution in [2.45, 2.75) is 37.9 Å². The average Bonchev–Trinajstić information content (AvgIpc) is 2.49. The van der Waals surface area contributed by atoms with Crippen LogP contribution in [0.1, 0.15) is 37.7 Å². The molecule has 0 saturated heterocycles. The van der Waals surface area contributed by atoms with Crippen molar-refractivity contribution in [3.05, 3.63) is 33.8 Å². The summed E-state index contributed by atoms with van der Waals surface area (Å²) in [5.74, 6) is 0.877. The van der Waals surface area contributed by atoms with Crippen LogP contribution in [0.5, 0.6) is 0 Å². The Labute approximate surface area is 139 Å². The zero-order valence-electron chi connectivity index (χ0n) is 11.7. The Morgan fingerprint density at radius 3 is 2.52 bits per heavy atom. The monoisotopic (exact) mass is 344 g/mol. The number of nitrogens with one attached hydrogen (secondary N) is 1. The molecule has 0 atom stereocenters. The van der Waals surface area contributed by atoms with Gasteiger partial charge < -0.3 is 0 Å². The second-order valence-corrected chi connectivity index (χ2v) is 6.77. The van der Waals surface area contributed by atoms with Crippen LogP contribution in [0.3, 0.4) is 0 Å². The van der Waals surface area contributed by atoms with Crippen LogP contribution in [-0.4, -0.2) is 17.4 Å². The Morgan fingerprint density at radius 1 is 1.19 bits per heavy atom. The van der Waals surface area contributed by atoms with E-state index in [9.17, 15) is 4.79 Å². The van der Waals surface area contributed by atoms with E-state index >= 15 is 0 Å². The van der Waals surface area contributed by atoms with Crippen molar-refractivity contribution < 1.29 is 4.79 Å². The molecule has 114 valence electrons. The van der Waals surface area contributed by atoms with Crippen LogP contribution in [0.15, 0.2) is 23.3 Å². The minimum absolute atomic E-state index is 0.0822. The lowest BCUT2D eigenvalue weighted by Crippen LogP contribution is -2.22. The number of hydrazone groups is 1. The largest absolute Gasteiger partial charge is 0.272 e. The van der Waals surface area contributed by atoms with Gasteiger partial charge in [-0.05, 0) is 43.4 Å². The van der Waals surface area contributed by atoms with Gasteiger partial charge in [0.1, 0.15) is 0 Å². The third-order valence-corrected chi connectivity index (χ3v) is 4.98. The minimum atomic E-state index is -0.0822. The highest BCUT2D eigenvalue weighted by molar-refractivity contribution is 7.99. The molecule has 21 heavy (non-hydrogen) atoms. The van der Waals surface area contributed by atoms with E-state index in [-0.39, 0.29) is 5.91 Å². The van der Waals surface area contributed by atoms with E-state index in [0.717, 1.165) is 24.1 Å². The SMILES string of the molecule is O=C(CSCc1c(Cl)cccc1Cl)NN=C1CCCCC1. The van der Waals surface area contributed by atoms with E-state index < -0.39 is 0 Å². The van der Waals surface area contributed by atoms with E-state index in [2.05, 4.69) is 10.5 Å². The van der Waals surface area contributed by atoms with Crippen molar-refractivity contribution in [2.75, 3.05) is 5.75 Å². The number of carbonyl (C=O) groups excluding carboxylic acids is 1. The molecule has 0 unspecified atom stereocenters. The summed E-state index contributed by atoms with van der Waals surface area (Å²) in [4.78, 5) is 11.7. The van der Waals surface area contributed by atoms with Gasteiger partial charge in [-0.3, -0.25) is 4.79 Å². The van der Waals surface area contributed by atoms with Crippen molar-refractivity contribution >= 4 is 46.6 Å². The predicted molar refractivity (Wildman–Crippen MR) is 91.3 cm³/mol. The Hall–Kier alpha value is -0.710. The minimum Gasteiger partial charge on any atom is -0.272 e. The maximum Gasteiger partial charge on any atom is 0.250 e. The van der Waals surface area contributed by atoms with Crippen LogP contribution in [0.2, 0.25) is 10.0 Å². The molecule has 1 aliphatic rings. The Bertz CT molecular complexity index is 506. The molecule has 3 nitrogen and oxygen atoms in total. The Kier molecular flexibility index (Phi) is 6.87. The molecule has 1 saturated carbocycles. The molecule has 1 aromatic rings. The lowest BCUT2D eigenvalue weighted by atomic mass is 9.99. The van der Waals surface area contributed by atoms with Gasteiger partial charge in [-0.1, -0.05) is 35.7 Å². The number of carbonyl (C=O) groups is 1. The number of nitrogens with zero attached hydrogens (tertiary/aromatic N) is 1. The summed E-state index contributed by atoms with van der Waals surface area (Å²) in [5, 5.41) is 5.47. The molecule has 1 N–H and O–H groups in total. The highest BCUT2D eigenvalue weighted by atomic mass is 35.5. The van der Waals surface area contributed by atoms with E-state index in [0.29, 0.717) is 21.6 Å². The molecule has 0 radical (unpaired) electrons. The summed E-state index contributed by atoms with van der Waals surface area (Å²) in [7, 11) is 0. The van der Waals surface area contributed by atoms with Crippen molar-refractivity contribution in [1.82, 2.24) is 5.43 Å². The smallest absolute Gasteiger partial charge is 0.250 e. The van der Waals surface area contributed by atoms with Crippen LogP contribution in [0, 0.1) is 0 Å². The molecular weight excluding hydrogens is 327 g/mol. The Balaban J connectivity index is 1.74. The number of hydrogen-bond acceptors (Lipinski definition) is 3. The zero-order chi connectivity index (χ0) is 15.1. The van der Waals surface area contributed by atoms with Crippen molar-refractivity contribution in [3.8, 4) is 0 Å². The van der Waals surface area contributed by atoms with Crippen LogP contribution in [0.25, 0.3) is 0 Å². The molecule has 0 heterocycles. The molecule has 2 rings (SSSR count). The summed E-state index contributed by atoms with van der Waals surface area (Å²) in [6.45, 7) is 0. The first-order valence-electron chi connectivity index (χ1n) is 7.01. The molecular formula is C15H18Cl2N2OS. The van der Waals surface area contributed by atoms with Gasteiger partial charge in [0.15, 0.2) is 0 Å². The number of amides is 1. The van der Waals surface area contributed by atoms with Gasteiger partial charge in [0.2, 0.25) is 5.91 Å². The lowest BCUT2D eigenvalue weighted by Gasteiger charge is -2.12. The summed E-state index contributed by atoms with van der Waals surface area (Å²) >= 11 is 13.7. The maximum atomic E-state index is 11.7. The van der Waals surface area contributed by atoms with Crippen molar-refractivity contribution in [2.24, 2.45) is 5.10 Å². The standard InChI is InChI=1S/C15H18Cl2N2OS/c16-13-7-4-8-14(17)12(13)9-21-10-15(20)19-18-11-5-2-1-3-6-11/h4,7-8H,1-3,5-6,9-10H2,(H,19,20). The summed E-state index contributed by atoms with van der Waals surface area (Å²) in [6.07, 6.45) is 5.62. The maximum absolute atomic E-state index is 11.7. The first-order valence-corrected chi connectivity index (χ1v) is 8.93. The average molecular weight is 345 g/mol. The normalized spacial score (nSPS) is 14.9. The van der Waals surface area contributed by atoms with Gasteiger partial charge >= 0.3 is 0 Å². The quantitative estimate of drug-likeness (QED) is 0.789. The first-order chi connectivity index (χ1) is 10.2. The molecule has 1 aliphatic carbocycles. The van der Waals surface area contributed by atoms with Crippen LogP contribution in [0.4, 0.5) is 0 Å². The van der Waals surface area contributed by atoms with Crippen LogP contribution >= 0.6 is 35.0 Å². The zero-order valence-corrected chi connectivity index (χ0v) is 14.0. The highest BCUT2D eigenvalue weighted by Crippen LogP contribution is 2.28. The topological polar surface area (TPSA) is 41.5 Å². The van der Waals surface area contributed by atoms with E-state index in [4.69, 9.17) is 23.2 Å². The molecule has 0 aliphatic heterocycles. The third-order valence-electron chi connectivity index (χ3n) is 3.31. The summed E-state index contributed by atoms with van der Waals surface area (Å²) in [6, 6.07) is 5.42. The number of hydrogen-bond donors (Lipinski definition) is 1. The second kappa shape index (κ2) is 8.66. The van der Waals surface area contributed by atoms with Gasteiger partial charge in [0.25, 0.3) is 0 Å². The molecule has 1 aromatic carbocycles. The lowest BCUT2D eigenvalue weighted by molar-refractivity contribution is -0.118. The fourth-order valence-electron chi connectivity index (χ4n) is 2.16. The third kappa shape index (κ3) is 5.53. The van der Waals surface area contributed by atoms with E-state index in [1.165, 1.54) is 31.0 Å². The van der Waals surface area contributed by atoms with Gasteiger partial charge in [0, 0.05) is 21.5 Å². The predicted octanol–water partition coefficient (Wildman–Crippen LogP) is 4.66. The van der Waals surface area contributed by atoms with E-state index in [1.807, 2.05) is 6.07 Å². The fraction of sp³-hybridized carbons (Fsp3) is 0.467. The first kappa shape index (κ1) is 16.7. The number of thioether (sulfide) groups is 1.